The minimum atomic E-state index is -2.19. The van der Waals surface area contributed by atoms with Crippen molar-refractivity contribution in [3.8, 4) is 30.3 Å². The van der Waals surface area contributed by atoms with Crippen LogP contribution in [-0.4, -0.2) is 12.2 Å². The van der Waals surface area contributed by atoms with Crippen molar-refractivity contribution in [2.45, 2.75) is 19.1 Å². The largest absolute Gasteiger partial charge is 0.341 e. The first kappa shape index (κ1) is 12.4. The van der Waals surface area contributed by atoms with E-state index in [1.807, 2.05) is 0 Å². The van der Waals surface area contributed by atoms with Gasteiger partial charge in [-0.25, -0.2) is 0 Å². The topological polar surface area (TPSA) is 128 Å². The summed E-state index contributed by atoms with van der Waals surface area (Å²) < 4.78 is 4.80. The predicted octanol–water partition coefficient (Wildman–Crippen LogP) is 0.364. The molecule has 2 unspecified atom stereocenters. The quantitative estimate of drug-likeness (QED) is 0.645. The molecule has 6 nitrogen and oxygen atoms in total. The smallest absolute Gasteiger partial charge is 0.267 e. The standard InChI is InChI=1S/C9H5N5O/c1-7(2-10)15-8(3-11)9(4-12,5-13)6-14/h7-8H,1H3. The maximum absolute atomic E-state index is 8.66. The third kappa shape index (κ3) is 2.43. The van der Waals surface area contributed by atoms with E-state index in [0.29, 0.717) is 0 Å². The summed E-state index contributed by atoms with van der Waals surface area (Å²) in [5.74, 6) is 0. The minimum absolute atomic E-state index is 0.968. The fraction of sp³-hybridized carbons (Fsp3) is 0.444. The van der Waals surface area contributed by atoms with Crippen molar-refractivity contribution in [3.63, 3.8) is 0 Å². The summed E-state index contributed by atoms with van der Waals surface area (Å²) >= 11 is 0. The highest BCUT2D eigenvalue weighted by Gasteiger charge is 2.42. The van der Waals surface area contributed by atoms with Crippen LogP contribution in [-0.2, 0) is 4.74 Å². The number of hydrogen-bond acceptors (Lipinski definition) is 6. The minimum Gasteiger partial charge on any atom is -0.341 e. The Bertz CT molecular complexity index is 400. The second kappa shape index (κ2) is 5.21. The Morgan fingerprint density at radius 1 is 0.933 bits per heavy atom. The van der Waals surface area contributed by atoms with Gasteiger partial charge in [0.05, 0.1) is 12.1 Å². The highest BCUT2D eigenvalue weighted by Crippen LogP contribution is 2.22. The lowest BCUT2D eigenvalue weighted by Crippen LogP contribution is -2.34. The first-order chi connectivity index (χ1) is 7.10. The van der Waals surface area contributed by atoms with Crippen molar-refractivity contribution in [2.24, 2.45) is 5.41 Å². The number of ether oxygens (including phenoxy) is 1. The summed E-state index contributed by atoms with van der Waals surface area (Å²) in [6.45, 7) is 1.35. The molecule has 0 aliphatic heterocycles. The van der Waals surface area contributed by atoms with E-state index in [-0.39, 0.29) is 0 Å². The van der Waals surface area contributed by atoms with Gasteiger partial charge >= 0.3 is 0 Å². The van der Waals surface area contributed by atoms with Gasteiger partial charge in [-0.2, -0.15) is 26.3 Å². The number of nitriles is 5. The normalized spacial score (nSPS) is 13.1. The molecule has 0 heterocycles. The van der Waals surface area contributed by atoms with Gasteiger partial charge < -0.3 is 4.74 Å². The Hall–Kier alpha value is -2.59. The molecule has 0 N–H and O–H groups in total. The van der Waals surface area contributed by atoms with Crippen LogP contribution in [0.5, 0.6) is 0 Å². The molecule has 0 amide bonds. The average molecular weight is 199 g/mol. The zero-order valence-electron chi connectivity index (χ0n) is 7.80. The molecular weight excluding hydrogens is 194 g/mol. The lowest BCUT2D eigenvalue weighted by molar-refractivity contribution is 0.0333. The Morgan fingerprint density at radius 2 is 1.40 bits per heavy atom. The highest BCUT2D eigenvalue weighted by atomic mass is 16.5. The summed E-state index contributed by atoms with van der Waals surface area (Å²) in [7, 11) is 0. The first-order valence-corrected chi connectivity index (χ1v) is 3.78. The molecule has 0 radical (unpaired) electrons. The maximum atomic E-state index is 8.66. The van der Waals surface area contributed by atoms with Gasteiger partial charge in [0.15, 0.2) is 6.10 Å². The molecular formula is C9H5N5O. The lowest BCUT2D eigenvalue weighted by atomic mass is 9.87. The van der Waals surface area contributed by atoms with Gasteiger partial charge in [-0.1, -0.05) is 0 Å². The molecule has 6 heteroatoms. The molecule has 72 valence electrons. The summed E-state index contributed by atoms with van der Waals surface area (Å²) in [5.41, 5.74) is -2.19. The van der Waals surface area contributed by atoms with Crippen molar-refractivity contribution >= 4 is 0 Å². The number of rotatable bonds is 3. The van der Waals surface area contributed by atoms with Crippen molar-refractivity contribution in [3.05, 3.63) is 0 Å². The Kier molecular flexibility index (Phi) is 4.31. The van der Waals surface area contributed by atoms with E-state index in [1.165, 1.54) is 31.2 Å². The van der Waals surface area contributed by atoms with Crippen LogP contribution < -0.4 is 0 Å². The third-order valence-electron chi connectivity index (χ3n) is 1.56. The zero-order chi connectivity index (χ0) is 11.9. The molecule has 0 aromatic heterocycles. The van der Waals surface area contributed by atoms with E-state index >= 15 is 0 Å². The fourth-order valence-electron chi connectivity index (χ4n) is 0.715. The van der Waals surface area contributed by atoms with Crippen LogP contribution in [0.4, 0.5) is 0 Å². The van der Waals surface area contributed by atoms with Gasteiger partial charge in [0, 0.05) is 0 Å². The van der Waals surface area contributed by atoms with Crippen LogP contribution >= 0.6 is 0 Å². The van der Waals surface area contributed by atoms with Crippen LogP contribution in [0.1, 0.15) is 6.92 Å². The number of hydrogen-bond donors (Lipinski definition) is 0. The molecule has 2 atom stereocenters. The molecule has 0 aromatic rings. The summed E-state index contributed by atoms with van der Waals surface area (Å²) in [5, 5.41) is 43.1. The van der Waals surface area contributed by atoms with Crippen LogP contribution in [0.25, 0.3) is 0 Å². The summed E-state index contributed by atoms with van der Waals surface area (Å²) in [6, 6.07) is 7.44. The molecule has 0 saturated carbocycles. The van der Waals surface area contributed by atoms with Gasteiger partial charge in [-0.05, 0) is 6.92 Å². The molecule has 0 bridgehead atoms. The van der Waals surface area contributed by atoms with Gasteiger partial charge in [-0.15, -0.1) is 0 Å². The maximum Gasteiger partial charge on any atom is 0.267 e. The molecule has 0 rings (SSSR count). The second-order valence-electron chi connectivity index (χ2n) is 2.56. The van der Waals surface area contributed by atoms with Crippen molar-refractivity contribution in [1.29, 1.82) is 26.3 Å². The first-order valence-electron chi connectivity index (χ1n) is 3.78. The van der Waals surface area contributed by atoms with Crippen molar-refractivity contribution in [2.75, 3.05) is 0 Å². The summed E-state index contributed by atoms with van der Waals surface area (Å²) in [4.78, 5) is 0. The van der Waals surface area contributed by atoms with Gasteiger partial charge in [-0.3, -0.25) is 0 Å². The van der Waals surface area contributed by atoms with E-state index in [2.05, 4.69) is 0 Å². The van der Waals surface area contributed by atoms with E-state index in [0.717, 1.165) is 0 Å². The monoisotopic (exact) mass is 199 g/mol. The molecule has 15 heavy (non-hydrogen) atoms. The van der Waals surface area contributed by atoms with E-state index in [9.17, 15) is 0 Å². The van der Waals surface area contributed by atoms with E-state index in [4.69, 9.17) is 31.0 Å². The Labute approximate surface area is 86.7 Å². The van der Waals surface area contributed by atoms with Gasteiger partial charge in [0.1, 0.15) is 24.3 Å². The Morgan fingerprint density at radius 3 is 1.67 bits per heavy atom. The molecule has 0 spiro atoms. The fourth-order valence-corrected chi connectivity index (χ4v) is 0.715. The van der Waals surface area contributed by atoms with Crippen LogP contribution in [0.2, 0.25) is 0 Å². The molecule has 0 aliphatic carbocycles. The van der Waals surface area contributed by atoms with Crippen LogP contribution in [0.15, 0.2) is 0 Å². The lowest BCUT2D eigenvalue weighted by Gasteiger charge is -2.17. The third-order valence-corrected chi connectivity index (χ3v) is 1.56. The highest BCUT2D eigenvalue weighted by molar-refractivity contribution is 5.32. The molecule has 0 aliphatic rings. The van der Waals surface area contributed by atoms with E-state index < -0.39 is 17.6 Å². The van der Waals surface area contributed by atoms with Crippen molar-refractivity contribution in [1.82, 2.24) is 0 Å². The van der Waals surface area contributed by atoms with Gasteiger partial charge in [0.2, 0.25) is 0 Å². The van der Waals surface area contributed by atoms with Crippen LogP contribution in [0.3, 0.4) is 0 Å². The average Bonchev–Trinajstić information content (AvgIpc) is 2.29. The Balaban J connectivity index is 5.12. The summed E-state index contributed by atoms with van der Waals surface area (Å²) in [6.07, 6.45) is -2.53. The molecule has 0 aromatic carbocycles. The van der Waals surface area contributed by atoms with E-state index in [1.54, 1.807) is 6.07 Å². The molecule has 0 saturated heterocycles. The molecule has 0 fully saturated rings. The van der Waals surface area contributed by atoms with Crippen LogP contribution in [0, 0.1) is 62.1 Å². The van der Waals surface area contributed by atoms with Crippen molar-refractivity contribution < 1.29 is 4.74 Å². The number of nitrogens with zero attached hydrogens (tertiary/aromatic N) is 5. The second-order valence-corrected chi connectivity index (χ2v) is 2.56. The predicted molar refractivity (Wildman–Crippen MR) is 44.8 cm³/mol. The SMILES string of the molecule is CC(C#N)OC(C#N)C(C#N)(C#N)C#N. The van der Waals surface area contributed by atoms with Gasteiger partial charge in [0.25, 0.3) is 5.41 Å². The zero-order valence-corrected chi connectivity index (χ0v) is 7.80.